The Morgan fingerprint density at radius 2 is 1.81 bits per heavy atom. The third-order valence-corrected chi connectivity index (χ3v) is 5.38. The van der Waals surface area contributed by atoms with Gasteiger partial charge in [-0.15, -0.1) is 5.10 Å². The molecule has 1 aliphatic rings. The molecule has 0 aliphatic carbocycles. The number of rotatable bonds is 6. The van der Waals surface area contributed by atoms with Crippen LogP contribution < -0.4 is 21.1 Å². The zero-order valence-corrected chi connectivity index (χ0v) is 17.6. The zero-order valence-electron chi connectivity index (χ0n) is 17.6. The molecule has 31 heavy (non-hydrogen) atoms. The van der Waals surface area contributed by atoms with Crippen LogP contribution in [0.15, 0.2) is 47.7 Å². The summed E-state index contributed by atoms with van der Waals surface area (Å²) in [7, 11) is 0. The first-order valence-corrected chi connectivity index (χ1v) is 10.3. The molecule has 2 aromatic heterocycles. The number of aryl methyl sites for hydroxylation is 1. The van der Waals surface area contributed by atoms with Crippen molar-refractivity contribution in [3.05, 3.63) is 64.5 Å². The van der Waals surface area contributed by atoms with Gasteiger partial charge in [-0.05, 0) is 51.0 Å². The van der Waals surface area contributed by atoms with Gasteiger partial charge in [0.2, 0.25) is 5.91 Å². The van der Waals surface area contributed by atoms with E-state index in [-0.39, 0.29) is 18.0 Å². The van der Waals surface area contributed by atoms with E-state index in [1.54, 1.807) is 32.2 Å². The molecular formula is C22H25N7O2. The van der Waals surface area contributed by atoms with Crippen molar-refractivity contribution >= 4 is 28.8 Å². The van der Waals surface area contributed by atoms with Gasteiger partial charge in [0.15, 0.2) is 5.82 Å². The van der Waals surface area contributed by atoms with E-state index in [1.165, 1.54) is 23.7 Å². The van der Waals surface area contributed by atoms with E-state index >= 15 is 0 Å². The summed E-state index contributed by atoms with van der Waals surface area (Å²) in [5.74, 6) is 0.375. The summed E-state index contributed by atoms with van der Waals surface area (Å²) in [6.45, 7) is 5.47. The number of anilines is 4. The van der Waals surface area contributed by atoms with E-state index in [0.29, 0.717) is 22.8 Å². The van der Waals surface area contributed by atoms with Crippen molar-refractivity contribution in [3.63, 3.8) is 0 Å². The fourth-order valence-electron chi connectivity index (χ4n) is 3.49. The van der Waals surface area contributed by atoms with Crippen LogP contribution in [0.3, 0.4) is 0 Å². The van der Waals surface area contributed by atoms with Gasteiger partial charge in [0.1, 0.15) is 6.54 Å². The smallest absolute Gasteiger partial charge is 0.256 e. The molecule has 1 saturated heterocycles. The van der Waals surface area contributed by atoms with Crippen molar-refractivity contribution in [3.8, 4) is 0 Å². The molecule has 0 unspecified atom stereocenters. The molecule has 0 saturated carbocycles. The monoisotopic (exact) mass is 419 g/mol. The minimum absolute atomic E-state index is 0.0914. The van der Waals surface area contributed by atoms with Crippen molar-refractivity contribution in [1.29, 1.82) is 0 Å². The van der Waals surface area contributed by atoms with E-state index in [2.05, 4.69) is 30.7 Å². The molecule has 160 valence electrons. The van der Waals surface area contributed by atoms with Gasteiger partial charge in [0, 0.05) is 41.8 Å². The number of benzene rings is 1. The molecule has 4 rings (SSSR count). The highest BCUT2D eigenvalue weighted by atomic mass is 16.2. The third-order valence-electron chi connectivity index (χ3n) is 5.38. The maximum Gasteiger partial charge on any atom is 0.256 e. The van der Waals surface area contributed by atoms with Crippen molar-refractivity contribution in [1.82, 2.24) is 19.7 Å². The van der Waals surface area contributed by atoms with Crippen molar-refractivity contribution < 1.29 is 4.79 Å². The molecule has 0 bridgehead atoms. The van der Waals surface area contributed by atoms with Crippen LogP contribution in [-0.4, -0.2) is 38.7 Å². The Morgan fingerprint density at radius 3 is 2.55 bits per heavy atom. The second kappa shape index (κ2) is 8.95. The zero-order chi connectivity index (χ0) is 21.8. The van der Waals surface area contributed by atoms with Crippen LogP contribution in [0.4, 0.5) is 22.9 Å². The molecule has 9 nitrogen and oxygen atoms in total. The Hall–Kier alpha value is -3.75. The maximum atomic E-state index is 12.3. The SMILES string of the molecule is Cc1ncn(CC(=O)Nc2ccc(Nc3cc(N4CCCC4)cnn3)cc2)c(=O)c1C. The predicted molar refractivity (Wildman–Crippen MR) is 120 cm³/mol. The highest BCUT2D eigenvalue weighted by Crippen LogP contribution is 2.23. The summed E-state index contributed by atoms with van der Waals surface area (Å²) in [5.41, 5.74) is 3.54. The normalized spacial score (nSPS) is 13.3. The lowest BCUT2D eigenvalue weighted by atomic mass is 10.2. The Balaban J connectivity index is 1.37. The maximum absolute atomic E-state index is 12.3. The summed E-state index contributed by atoms with van der Waals surface area (Å²) in [6.07, 6.45) is 5.58. The lowest BCUT2D eigenvalue weighted by Crippen LogP contribution is -2.29. The predicted octanol–water partition coefficient (Wildman–Crippen LogP) is 2.63. The lowest BCUT2D eigenvalue weighted by Gasteiger charge is -2.17. The Labute approximate surface area is 180 Å². The van der Waals surface area contributed by atoms with E-state index in [0.717, 1.165) is 24.5 Å². The molecule has 1 fully saturated rings. The number of nitrogens with one attached hydrogen (secondary N) is 2. The molecule has 0 atom stereocenters. The number of nitrogens with zero attached hydrogens (tertiary/aromatic N) is 5. The van der Waals surface area contributed by atoms with Crippen LogP contribution in [0.5, 0.6) is 0 Å². The van der Waals surface area contributed by atoms with Crippen molar-refractivity contribution in [2.45, 2.75) is 33.2 Å². The van der Waals surface area contributed by atoms with Gasteiger partial charge in [-0.25, -0.2) is 4.98 Å². The van der Waals surface area contributed by atoms with Gasteiger partial charge in [-0.3, -0.25) is 14.2 Å². The number of amides is 1. The first kappa shape index (κ1) is 20.5. The highest BCUT2D eigenvalue weighted by Gasteiger charge is 2.13. The Kier molecular flexibility index (Phi) is 5.92. The average molecular weight is 419 g/mol. The molecule has 3 heterocycles. The number of carbonyl (C=O) groups excluding carboxylic acids is 1. The first-order valence-electron chi connectivity index (χ1n) is 10.3. The average Bonchev–Trinajstić information content (AvgIpc) is 3.31. The van der Waals surface area contributed by atoms with Crippen LogP contribution in [0.2, 0.25) is 0 Å². The van der Waals surface area contributed by atoms with Crippen molar-refractivity contribution in [2.75, 3.05) is 28.6 Å². The van der Waals surface area contributed by atoms with Gasteiger partial charge in [0.25, 0.3) is 5.56 Å². The van der Waals surface area contributed by atoms with Crippen molar-refractivity contribution in [2.24, 2.45) is 0 Å². The minimum atomic E-state index is -0.294. The molecule has 1 amide bonds. The number of carbonyl (C=O) groups is 1. The summed E-state index contributed by atoms with van der Waals surface area (Å²) in [5, 5.41) is 14.3. The van der Waals surface area contributed by atoms with E-state index < -0.39 is 0 Å². The molecule has 2 N–H and O–H groups in total. The van der Waals surface area contributed by atoms with Crippen LogP contribution in [0.1, 0.15) is 24.1 Å². The molecule has 1 aliphatic heterocycles. The van der Waals surface area contributed by atoms with Crippen LogP contribution in [-0.2, 0) is 11.3 Å². The molecule has 0 radical (unpaired) electrons. The van der Waals surface area contributed by atoms with E-state index in [4.69, 9.17) is 0 Å². The number of hydrogen-bond acceptors (Lipinski definition) is 7. The van der Waals surface area contributed by atoms with Gasteiger partial charge in [-0.1, -0.05) is 0 Å². The quantitative estimate of drug-likeness (QED) is 0.633. The Bertz CT molecular complexity index is 1140. The van der Waals surface area contributed by atoms with Crippen LogP contribution in [0.25, 0.3) is 0 Å². The second-order valence-corrected chi connectivity index (χ2v) is 7.63. The minimum Gasteiger partial charge on any atom is -0.370 e. The van der Waals surface area contributed by atoms with E-state index in [9.17, 15) is 9.59 Å². The molecular weight excluding hydrogens is 394 g/mol. The Morgan fingerprint density at radius 1 is 1.10 bits per heavy atom. The van der Waals surface area contributed by atoms with Crippen LogP contribution >= 0.6 is 0 Å². The van der Waals surface area contributed by atoms with Gasteiger partial charge in [0.05, 0.1) is 18.2 Å². The topological polar surface area (TPSA) is 105 Å². The van der Waals surface area contributed by atoms with Crippen LogP contribution in [0, 0.1) is 13.8 Å². The van der Waals surface area contributed by atoms with Gasteiger partial charge in [-0.2, -0.15) is 5.10 Å². The number of hydrogen-bond donors (Lipinski definition) is 2. The second-order valence-electron chi connectivity index (χ2n) is 7.63. The van der Waals surface area contributed by atoms with E-state index in [1.807, 2.05) is 18.2 Å². The van der Waals surface area contributed by atoms with Gasteiger partial charge < -0.3 is 15.5 Å². The number of aromatic nitrogens is 4. The van der Waals surface area contributed by atoms with Gasteiger partial charge >= 0.3 is 0 Å². The fraction of sp³-hybridized carbons (Fsp3) is 0.318. The molecule has 9 heteroatoms. The standard InChI is InChI=1S/C22H25N7O2/c1-15-16(2)23-14-29(22(15)31)13-21(30)26-18-7-5-17(6-8-18)25-20-11-19(12-24-27-20)28-9-3-4-10-28/h5-8,11-12,14H,3-4,9-10,13H2,1-2H3,(H,25,27)(H,26,30). The highest BCUT2D eigenvalue weighted by molar-refractivity contribution is 5.90. The fourth-order valence-corrected chi connectivity index (χ4v) is 3.49. The molecule has 0 spiro atoms. The molecule has 3 aromatic rings. The summed E-state index contributed by atoms with van der Waals surface area (Å²) in [6, 6.07) is 9.27. The largest absolute Gasteiger partial charge is 0.370 e. The third kappa shape index (κ3) is 4.88. The lowest BCUT2D eigenvalue weighted by molar-refractivity contribution is -0.116. The summed E-state index contributed by atoms with van der Waals surface area (Å²) < 4.78 is 1.31. The summed E-state index contributed by atoms with van der Waals surface area (Å²) in [4.78, 5) is 31.0. The first-order chi connectivity index (χ1) is 15.0. The molecule has 1 aromatic carbocycles. The summed E-state index contributed by atoms with van der Waals surface area (Å²) >= 11 is 0.